The normalized spacial score (nSPS) is 26.9. The molecule has 4 atom stereocenters. The number of fused-ring (bicyclic) bond motifs is 6. The largest absolute Gasteiger partial charge is 0.274 e. The molecule has 2 fully saturated rings. The van der Waals surface area contributed by atoms with Crippen molar-refractivity contribution >= 4 is 50.8 Å². The predicted octanol–water partition coefficient (Wildman–Crippen LogP) is 5.04. The van der Waals surface area contributed by atoms with Crippen LogP contribution in [0.2, 0.25) is 0 Å². The van der Waals surface area contributed by atoms with Gasteiger partial charge in [-0.25, -0.2) is 14.3 Å². The van der Waals surface area contributed by atoms with Gasteiger partial charge in [0.2, 0.25) is 11.8 Å². The van der Waals surface area contributed by atoms with E-state index in [9.17, 15) is 14.0 Å². The molecule has 0 unspecified atom stereocenters. The topological polar surface area (TPSA) is 50.3 Å². The molecule has 30 heavy (non-hydrogen) atoms. The maximum atomic E-state index is 13.1. The monoisotopic (exact) mass is 436 g/mol. The smallest absolute Gasteiger partial charge is 0.238 e. The van der Waals surface area contributed by atoms with E-state index in [-0.39, 0.29) is 41.3 Å². The lowest BCUT2D eigenvalue weighted by Gasteiger charge is -2.17. The van der Waals surface area contributed by atoms with Gasteiger partial charge in [0.1, 0.15) is 5.82 Å². The van der Waals surface area contributed by atoms with Crippen LogP contribution < -0.4 is 4.90 Å². The highest BCUT2D eigenvalue weighted by atomic mass is 32.2. The average Bonchev–Trinajstić information content (AvgIpc) is 3.50. The second-order valence-electron chi connectivity index (χ2n) is 8.06. The summed E-state index contributed by atoms with van der Waals surface area (Å²) in [5, 5.41) is 0. The summed E-state index contributed by atoms with van der Waals surface area (Å²) in [5.41, 5.74) is 2.53. The number of halogens is 1. The number of nitrogens with zero attached hydrogens (tertiary/aromatic N) is 2. The highest BCUT2D eigenvalue weighted by molar-refractivity contribution is 8.00. The van der Waals surface area contributed by atoms with Gasteiger partial charge in [-0.15, -0.1) is 11.3 Å². The number of thioether (sulfide) groups is 1. The van der Waals surface area contributed by atoms with Crippen molar-refractivity contribution < 1.29 is 14.0 Å². The van der Waals surface area contributed by atoms with E-state index in [1.165, 1.54) is 17.0 Å². The van der Waals surface area contributed by atoms with Crippen LogP contribution in [0.1, 0.15) is 12.0 Å². The predicted molar refractivity (Wildman–Crippen MR) is 116 cm³/mol. The lowest BCUT2D eigenvalue weighted by molar-refractivity contribution is -0.123. The first-order chi connectivity index (χ1) is 14.6. The molecule has 7 heteroatoms. The zero-order valence-electron chi connectivity index (χ0n) is 15.8. The van der Waals surface area contributed by atoms with E-state index in [1.807, 2.05) is 18.2 Å². The number of carbonyl (C=O) groups excluding carboxylic acids is 2. The van der Waals surface area contributed by atoms with Crippen LogP contribution in [0.15, 0.2) is 59.0 Å². The van der Waals surface area contributed by atoms with Gasteiger partial charge in [-0.05, 0) is 54.2 Å². The molecular weight excluding hydrogens is 419 g/mol. The van der Waals surface area contributed by atoms with Crippen LogP contribution >= 0.6 is 23.1 Å². The molecule has 2 heterocycles. The Hall–Kier alpha value is -2.51. The van der Waals surface area contributed by atoms with Crippen LogP contribution in [0.3, 0.4) is 0 Å². The fourth-order valence-electron chi connectivity index (χ4n) is 4.98. The molecule has 3 aromatic rings. The number of amides is 2. The van der Waals surface area contributed by atoms with Crippen molar-refractivity contribution in [1.29, 1.82) is 0 Å². The van der Waals surface area contributed by atoms with Gasteiger partial charge in [-0.2, -0.15) is 0 Å². The van der Waals surface area contributed by atoms with E-state index in [0.717, 1.165) is 26.5 Å². The second kappa shape index (κ2) is 6.75. The number of hydrogen-bond acceptors (Lipinski definition) is 5. The van der Waals surface area contributed by atoms with Gasteiger partial charge in [0.05, 0.1) is 27.7 Å². The molecule has 0 radical (unpaired) electrons. The maximum Gasteiger partial charge on any atom is 0.238 e. The molecule has 3 aliphatic rings. The fraction of sp³-hybridized carbons (Fsp3) is 0.261. The first-order valence-electron chi connectivity index (χ1n) is 9.92. The standard InChI is InChI=1S/C23H17FN2O2S2/c24-15-5-1-12(2-6-15)11-29-23-25-17-8-7-16(10-18(17)30-23)26-21(27)19-13-3-4-14(9-13)20(19)22(26)28/h1-8,10,13-14,19-20H,9,11H2/t13-,14-,19+,20+/m0/s1. The summed E-state index contributed by atoms with van der Waals surface area (Å²) in [4.78, 5) is 32.1. The number of hydrogen-bond donors (Lipinski definition) is 0. The number of thiazole rings is 1. The van der Waals surface area contributed by atoms with Gasteiger partial charge in [-0.3, -0.25) is 9.59 Å². The first kappa shape index (κ1) is 18.3. The van der Waals surface area contributed by atoms with Crippen LogP contribution in [-0.2, 0) is 15.3 Å². The molecule has 1 aliphatic heterocycles. The molecule has 2 bridgehead atoms. The number of carbonyl (C=O) groups is 2. The summed E-state index contributed by atoms with van der Waals surface area (Å²) in [6.07, 6.45) is 5.15. The molecule has 1 aromatic heterocycles. The van der Waals surface area contributed by atoms with Gasteiger partial charge in [0, 0.05) is 5.75 Å². The third kappa shape index (κ3) is 2.76. The van der Waals surface area contributed by atoms with E-state index in [4.69, 9.17) is 0 Å². The third-order valence-corrected chi connectivity index (χ3v) is 8.59. The van der Waals surface area contributed by atoms with Crippen molar-refractivity contribution in [1.82, 2.24) is 4.98 Å². The number of anilines is 1. The molecule has 1 saturated carbocycles. The average molecular weight is 437 g/mol. The molecule has 2 amide bonds. The van der Waals surface area contributed by atoms with Crippen molar-refractivity contribution in [2.75, 3.05) is 4.90 Å². The van der Waals surface area contributed by atoms with E-state index in [2.05, 4.69) is 17.1 Å². The molecule has 6 rings (SSSR count). The lowest BCUT2D eigenvalue weighted by Crippen LogP contribution is -2.32. The van der Waals surface area contributed by atoms with Crippen molar-refractivity contribution in [2.45, 2.75) is 16.5 Å². The van der Waals surface area contributed by atoms with Crippen LogP contribution in [0, 0.1) is 29.5 Å². The molecule has 0 spiro atoms. The summed E-state index contributed by atoms with van der Waals surface area (Å²) in [6.45, 7) is 0. The third-order valence-electron chi connectivity index (χ3n) is 6.36. The zero-order valence-corrected chi connectivity index (χ0v) is 17.5. The maximum absolute atomic E-state index is 13.1. The van der Waals surface area contributed by atoms with Crippen molar-refractivity contribution in [3.8, 4) is 0 Å². The first-order valence-corrected chi connectivity index (χ1v) is 11.7. The summed E-state index contributed by atoms with van der Waals surface area (Å²) >= 11 is 3.14. The highest BCUT2D eigenvalue weighted by Gasteiger charge is 2.59. The molecule has 0 N–H and O–H groups in total. The van der Waals surface area contributed by atoms with Gasteiger partial charge < -0.3 is 0 Å². The summed E-state index contributed by atoms with van der Waals surface area (Å²) in [6, 6.07) is 12.1. The van der Waals surface area contributed by atoms with Crippen molar-refractivity contribution in [2.24, 2.45) is 23.7 Å². The Morgan fingerprint density at radius 1 is 1.03 bits per heavy atom. The Bertz CT molecular complexity index is 1190. The van der Waals surface area contributed by atoms with E-state index in [1.54, 1.807) is 35.2 Å². The minimum atomic E-state index is -0.241. The number of imide groups is 1. The summed E-state index contributed by atoms with van der Waals surface area (Å²) in [7, 11) is 0. The van der Waals surface area contributed by atoms with Gasteiger partial charge in [0.15, 0.2) is 4.34 Å². The summed E-state index contributed by atoms with van der Waals surface area (Å²) in [5.74, 6) is 0.391. The Kier molecular flexibility index (Phi) is 4.11. The van der Waals surface area contributed by atoms with Gasteiger partial charge in [0.25, 0.3) is 0 Å². The quantitative estimate of drug-likeness (QED) is 0.327. The SMILES string of the molecule is O=C1[C@H]2[C@H](C(=O)N1c1ccc3nc(SCc4ccc(F)cc4)sc3c1)[C@H]1C=C[C@H]2C1. The van der Waals surface area contributed by atoms with Crippen molar-refractivity contribution in [3.63, 3.8) is 0 Å². The molecule has 1 saturated heterocycles. The van der Waals surface area contributed by atoms with Crippen LogP contribution in [0.25, 0.3) is 10.2 Å². The number of benzene rings is 2. The zero-order chi connectivity index (χ0) is 20.4. The fourth-order valence-corrected chi connectivity index (χ4v) is 7.03. The second-order valence-corrected chi connectivity index (χ2v) is 10.3. The number of aromatic nitrogens is 1. The molecule has 2 aliphatic carbocycles. The van der Waals surface area contributed by atoms with Crippen LogP contribution in [0.4, 0.5) is 10.1 Å². The Morgan fingerprint density at radius 3 is 2.43 bits per heavy atom. The van der Waals surface area contributed by atoms with Crippen LogP contribution in [0.5, 0.6) is 0 Å². The van der Waals surface area contributed by atoms with E-state index >= 15 is 0 Å². The molecular formula is C23H17FN2O2S2. The highest BCUT2D eigenvalue weighted by Crippen LogP contribution is 2.53. The molecule has 4 nitrogen and oxygen atoms in total. The Morgan fingerprint density at radius 2 is 1.73 bits per heavy atom. The van der Waals surface area contributed by atoms with Gasteiger partial charge in [-0.1, -0.05) is 36.0 Å². The van der Waals surface area contributed by atoms with Crippen molar-refractivity contribution in [3.05, 3.63) is 66.0 Å². The van der Waals surface area contributed by atoms with E-state index < -0.39 is 0 Å². The molecule has 150 valence electrons. The van der Waals surface area contributed by atoms with Gasteiger partial charge >= 0.3 is 0 Å². The van der Waals surface area contributed by atoms with E-state index in [0.29, 0.717) is 11.4 Å². The lowest BCUT2D eigenvalue weighted by atomic mass is 9.85. The summed E-state index contributed by atoms with van der Waals surface area (Å²) < 4.78 is 14.9. The Labute approximate surface area is 180 Å². The van der Waals surface area contributed by atoms with Crippen LogP contribution in [-0.4, -0.2) is 16.8 Å². The number of allylic oxidation sites excluding steroid dienone is 2. The minimum absolute atomic E-state index is 0.0587. The molecule has 2 aromatic carbocycles. The Balaban J connectivity index is 1.25. The number of rotatable bonds is 4. The minimum Gasteiger partial charge on any atom is -0.274 e.